The molecule has 0 aromatic carbocycles. The van der Waals surface area contributed by atoms with Crippen molar-refractivity contribution in [3.05, 3.63) is 23.3 Å². The molecule has 0 bridgehead atoms. The van der Waals surface area contributed by atoms with Gasteiger partial charge in [-0.1, -0.05) is 0 Å². The van der Waals surface area contributed by atoms with E-state index in [1.165, 1.54) is 19.2 Å². The van der Waals surface area contributed by atoms with Crippen molar-refractivity contribution >= 4 is 11.7 Å². The predicted octanol–water partition coefficient (Wildman–Crippen LogP) is 1.63. The van der Waals surface area contributed by atoms with Gasteiger partial charge in [-0.25, -0.2) is 9.50 Å². The molecule has 0 saturated heterocycles. The molecule has 2 aromatic rings. The Hall–Kier alpha value is -1.98. The average Bonchev–Trinajstić information content (AvgIpc) is 3.13. The number of aryl methyl sites for hydroxylation is 2. The Bertz CT molecular complexity index is 646. The van der Waals surface area contributed by atoms with Gasteiger partial charge < -0.3 is 4.74 Å². The Balaban J connectivity index is 1.68. The van der Waals surface area contributed by atoms with Gasteiger partial charge in [0, 0.05) is 17.8 Å². The van der Waals surface area contributed by atoms with Gasteiger partial charge in [-0.15, -0.1) is 0 Å². The van der Waals surface area contributed by atoms with Gasteiger partial charge in [0.25, 0.3) is 5.78 Å². The molecule has 0 unspecified atom stereocenters. The fourth-order valence-corrected chi connectivity index (χ4v) is 2.31. The zero-order chi connectivity index (χ0) is 14.1. The van der Waals surface area contributed by atoms with E-state index in [1.54, 1.807) is 4.52 Å². The van der Waals surface area contributed by atoms with Crippen LogP contribution in [-0.2, 0) is 16.0 Å². The van der Waals surface area contributed by atoms with Gasteiger partial charge in [0.05, 0.1) is 6.61 Å². The number of aromatic nitrogens is 4. The summed E-state index contributed by atoms with van der Waals surface area (Å²) in [6.45, 7) is 4.49. The standard InChI is InChI=1S/C14H18N4O2/c1-9-12(5-6-13(19)20-7-11-3-4-11)10(2)18-14(17-9)15-8-16-18/h8,11H,3-7H2,1-2H3. The highest BCUT2D eigenvalue weighted by molar-refractivity contribution is 5.69. The van der Waals surface area contributed by atoms with E-state index in [0.29, 0.717) is 31.1 Å². The molecule has 1 fully saturated rings. The smallest absolute Gasteiger partial charge is 0.306 e. The van der Waals surface area contributed by atoms with E-state index in [1.807, 2.05) is 13.8 Å². The van der Waals surface area contributed by atoms with Crippen molar-refractivity contribution in [1.29, 1.82) is 0 Å². The van der Waals surface area contributed by atoms with Crippen LogP contribution in [0.4, 0.5) is 0 Å². The third-order valence-corrected chi connectivity index (χ3v) is 3.74. The first-order chi connectivity index (χ1) is 9.65. The number of carbonyl (C=O) groups is 1. The molecular weight excluding hydrogens is 256 g/mol. The predicted molar refractivity (Wildman–Crippen MR) is 72.3 cm³/mol. The third kappa shape index (κ3) is 2.64. The number of fused-ring (bicyclic) bond motifs is 1. The SMILES string of the molecule is Cc1nc2ncnn2c(C)c1CCC(=O)OCC1CC1. The van der Waals surface area contributed by atoms with Crippen LogP contribution in [0.25, 0.3) is 5.78 Å². The number of rotatable bonds is 5. The quantitative estimate of drug-likeness (QED) is 0.775. The maximum Gasteiger partial charge on any atom is 0.306 e. The third-order valence-electron chi connectivity index (χ3n) is 3.74. The lowest BCUT2D eigenvalue weighted by atomic mass is 10.1. The lowest BCUT2D eigenvalue weighted by molar-refractivity contribution is -0.144. The number of nitrogens with zero attached hydrogens (tertiary/aromatic N) is 4. The summed E-state index contributed by atoms with van der Waals surface area (Å²) in [4.78, 5) is 20.2. The monoisotopic (exact) mass is 274 g/mol. The minimum absolute atomic E-state index is 0.130. The van der Waals surface area contributed by atoms with Crippen molar-refractivity contribution < 1.29 is 9.53 Å². The highest BCUT2D eigenvalue weighted by Crippen LogP contribution is 2.29. The van der Waals surface area contributed by atoms with E-state index in [4.69, 9.17) is 4.74 Å². The molecule has 6 heteroatoms. The normalized spacial score (nSPS) is 14.7. The molecule has 0 N–H and O–H groups in total. The molecule has 0 amide bonds. The first-order valence-electron chi connectivity index (χ1n) is 6.96. The lowest BCUT2D eigenvalue weighted by Crippen LogP contribution is -2.11. The molecule has 106 valence electrons. The van der Waals surface area contributed by atoms with Gasteiger partial charge in [-0.05, 0) is 44.6 Å². The minimum Gasteiger partial charge on any atom is -0.465 e. The molecule has 20 heavy (non-hydrogen) atoms. The number of carbonyl (C=O) groups excluding carboxylic acids is 1. The Morgan fingerprint density at radius 1 is 1.45 bits per heavy atom. The molecule has 0 atom stereocenters. The summed E-state index contributed by atoms with van der Waals surface area (Å²) in [5.74, 6) is 1.07. The van der Waals surface area contributed by atoms with E-state index >= 15 is 0 Å². The van der Waals surface area contributed by atoms with Crippen molar-refractivity contribution in [3.8, 4) is 0 Å². The van der Waals surface area contributed by atoms with Crippen LogP contribution in [0.3, 0.4) is 0 Å². The lowest BCUT2D eigenvalue weighted by Gasteiger charge is -2.10. The molecule has 3 rings (SSSR count). The second-order valence-electron chi connectivity index (χ2n) is 5.36. The Morgan fingerprint density at radius 2 is 2.25 bits per heavy atom. The zero-order valence-corrected chi connectivity index (χ0v) is 11.8. The second kappa shape index (κ2) is 5.19. The van der Waals surface area contributed by atoms with Crippen molar-refractivity contribution in [3.63, 3.8) is 0 Å². The number of hydrogen-bond acceptors (Lipinski definition) is 5. The molecule has 0 radical (unpaired) electrons. The fourth-order valence-electron chi connectivity index (χ4n) is 2.31. The van der Waals surface area contributed by atoms with E-state index in [0.717, 1.165) is 17.0 Å². The summed E-state index contributed by atoms with van der Waals surface area (Å²) in [7, 11) is 0. The molecule has 1 aliphatic carbocycles. The van der Waals surface area contributed by atoms with Gasteiger partial charge in [0.2, 0.25) is 0 Å². The van der Waals surface area contributed by atoms with Crippen molar-refractivity contribution in [2.45, 2.75) is 39.5 Å². The molecule has 0 aliphatic heterocycles. The van der Waals surface area contributed by atoms with E-state index in [2.05, 4.69) is 15.1 Å². The van der Waals surface area contributed by atoms with Gasteiger partial charge in [0.15, 0.2) is 0 Å². The fraction of sp³-hybridized carbons (Fsp3) is 0.571. The molecule has 2 aromatic heterocycles. The van der Waals surface area contributed by atoms with E-state index in [-0.39, 0.29) is 5.97 Å². The van der Waals surface area contributed by atoms with Crippen molar-refractivity contribution in [1.82, 2.24) is 19.6 Å². The maximum absolute atomic E-state index is 11.7. The number of esters is 1. The summed E-state index contributed by atoms with van der Waals surface area (Å²) in [5, 5.41) is 4.14. The molecule has 6 nitrogen and oxygen atoms in total. The number of ether oxygens (including phenoxy) is 1. The Labute approximate surface area is 117 Å². The summed E-state index contributed by atoms with van der Waals surface area (Å²) >= 11 is 0. The summed E-state index contributed by atoms with van der Waals surface area (Å²) < 4.78 is 6.95. The number of hydrogen-bond donors (Lipinski definition) is 0. The Kier molecular flexibility index (Phi) is 3.38. The van der Waals surface area contributed by atoms with Crippen LogP contribution < -0.4 is 0 Å². The van der Waals surface area contributed by atoms with Crippen LogP contribution >= 0.6 is 0 Å². The molecular formula is C14H18N4O2. The van der Waals surface area contributed by atoms with E-state index < -0.39 is 0 Å². The van der Waals surface area contributed by atoms with Gasteiger partial charge in [-0.2, -0.15) is 10.1 Å². The topological polar surface area (TPSA) is 69.4 Å². The summed E-state index contributed by atoms with van der Waals surface area (Å²) in [6, 6.07) is 0. The van der Waals surface area contributed by atoms with Crippen molar-refractivity contribution in [2.75, 3.05) is 6.61 Å². The molecule has 2 heterocycles. The highest BCUT2D eigenvalue weighted by Gasteiger charge is 2.23. The Morgan fingerprint density at radius 3 is 3.00 bits per heavy atom. The summed E-state index contributed by atoms with van der Waals surface area (Å²) in [6.07, 6.45) is 4.89. The average molecular weight is 274 g/mol. The first-order valence-corrected chi connectivity index (χ1v) is 6.96. The van der Waals surface area contributed by atoms with Gasteiger partial charge in [0.1, 0.15) is 6.33 Å². The van der Waals surface area contributed by atoms with E-state index in [9.17, 15) is 4.79 Å². The molecule has 1 aliphatic rings. The maximum atomic E-state index is 11.7. The minimum atomic E-state index is -0.130. The van der Waals surface area contributed by atoms with Gasteiger partial charge in [-0.3, -0.25) is 4.79 Å². The highest BCUT2D eigenvalue weighted by atomic mass is 16.5. The van der Waals surface area contributed by atoms with Crippen LogP contribution in [0.1, 0.15) is 36.2 Å². The molecule has 0 spiro atoms. The first kappa shape index (κ1) is 13.0. The van der Waals surface area contributed by atoms with Crippen LogP contribution in [0.15, 0.2) is 6.33 Å². The van der Waals surface area contributed by atoms with Crippen molar-refractivity contribution in [2.24, 2.45) is 5.92 Å². The van der Waals surface area contributed by atoms with Gasteiger partial charge >= 0.3 is 5.97 Å². The van der Waals surface area contributed by atoms with Crippen LogP contribution in [0, 0.1) is 19.8 Å². The van der Waals surface area contributed by atoms with Crippen LogP contribution in [0.2, 0.25) is 0 Å². The molecule has 1 saturated carbocycles. The summed E-state index contributed by atoms with van der Waals surface area (Å²) in [5.41, 5.74) is 2.93. The zero-order valence-electron chi connectivity index (χ0n) is 11.8. The van der Waals surface area contributed by atoms with Crippen LogP contribution in [0.5, 0.6) is 0 Å². The van der Waals surface area contributed by atoms with Crippen LogP contribution in [-0.4, -0.2) is 32.2 Å². The largest absolute Gasteiger partial charge is 0.465 e. The second-order valence-corrected chi connectivity index (χ2v) is 5.36.